The molecule has 3 heterocycles. The minimum atomic E-state index is -2.46. The summed E-state index contributed by atoms with van der Waals surface area (Å²) in [5.74, 6) is 0. The Balaban J connectivity index is 1.41. The first-order valence-electron chi connectivity index (χ1n) is 16.0. The van der Waals surface area contributed by atoms with Gasteiger partial charge in [0.2, 0.25) is 0 Å². The Bertz CT molecular complexity index is 517. The summed E-state index contributed by atoms with van der Waals surface area (Å²) in [5.41, 5.74) is 0. The van der Waals surface area contributed by atoms with Gasteiger partial charge in [-0.1, -0.05) is 96.8 Å². The van der Waals surface area contributed by atoms with E-state index >= 15 is 0 Å². The fourth-order valence-corrected chi connectivity index (χ4v) is 8.35. The van der Waals surface area contributed by atoms with Crippen LogP contribution in [0.1, 0.15) is 116 Å². The highest BCUT2D eigenvalue weighted by Gasteiger charge is 2.46. The summed E-state index contributed by atoms with van der Waals surface area (Å²) >= 11 is 0. The Kier molecular flexibility index (Phi) is 16.4. The van der Waals surface area contributed by atoms with E-state index in [1.165, 1.54) is 116 Å². The van der Waals surface area contributed by atoms with E-state index in [-0.39, 0.29) is 0 Å². The third kappa shape index (κ3) is 14.2. The van der Waals surface area contributed by atoms with Crippen molar-refractivity contribution in [3.05, 3.63) is 0 Å². The minimum Gasteiger partial charge on any atom is -0.368 e. The summed E-state index contributed by atoms with van der Waals surface area (Å²) < 4.78 is 21.0. The molecule has 36 heavy (non-hydrogen) atoms. The molecule has 3 rings (SSSR count). The maximum atomic E-state index is 6.29. The smallest absolute Gasteiger partial charge is 0.368 e. The second-order valence-electron chi connectivity index (χ2n) is 12.8. The summed E-state index contributed by atoms with van der Waals surface area (Å²) in [4.78, 5) is 0. The summed E-state index contributed by atoms with van der Waals surface area (Å²) in [6.45, 7) is 10.4. The zero-order valence-corrected chi connectivity index (χ0v) is 26.0. The number of fused-ring (bicyclic) bond motifs is 6. The van der Waals surface area contributed by atoms with Gasteiger partial charge in [-0.15, -0.1) is 0 Å². The molecule has 6 heteroatoms. The van der Waals surface area contributed by atoms with E-state index in [1.807, 2.05) is 0 Å². The predicted octanol–water partition coefficient (Wildman–Crippen LogP) is 7.18. The summed E-state index contributed by atoms with van der Waals surface area (Å²) in [6.07, 6.45) is 24.1. The standard InChI is InChI=1S/C30H64N2O3Si/c1-5-6-7-8-9-10-11-12-13-14-15-16-17-18-19-20-22-31(2,3)23-21-30-36-33-27-24-32(4,25-28-34-36)26-29-35-36/h5-30H2,1-4H3/q+2. The monoisotopic (exact) mass is 528 g/mol. The molecule has 0 aromatic heterocycles. The van der Waals surface area contributed by atoms with E-state index in [2.05, 4.69) is 28.1 Å². The van der Waals surface area contributed by atoms with Gasteiger partial charge in [-0.2, -0.15) is 0 Å². The van der Waals surface area contributed by atoms with Gasteiger partial charge in [0.25, 0.3) is 0 Å². The van der Waals surface area contributed by atoms with Gasteiger partial charge >= 0.3 is 8.80 Å². The van der Waals surface area contributed by atoms with E-state index in [0.717, 1.165) is 60.9 Å². The van der Waals surface area contributed by atoms with Crippen LogP contribution in [0.4, 0.5) is 0 Å². The highest BCUT2D eigenvalue weighted by molar-refractivity contribution is 6.60. The Morgan fingerprint density at radius 2 is 0.917 bits per heavy atom. The van der Waals surface area contributed by atoms with Crippen molar-refractivity contribution in [2.75, 3.05) is 73.7 Å². The third-order valence-electron chi connectivity index (χ3n) is 8.72. The molecule has 0 aromatic carbocycles. The summed E-state index contributed by atoms with van der Waals surface area (Å²) in [6, 6.07) is 0.983. The molecule has 214 valence electrons. The summed E-state index contributed by atoms with van der Waals surface area (Å²) in [5, 5.41) is 0. The molecule has 0 aromatic rings. The lowest BCUT2D eigenvalue weighted by Crippen LogP contribution is -2.61. The predicted molar refractivity (Wildman–Crippen MR) is 155 cm³/mol. The number of quaternary nitrogens is 2. The van der Waals surface area contributed by atoms with Gasteiger partial charge in [0.05, 0.1) is 54.1 Å². The van der Waals surface area contributed by atoms with Crippen molar-refractivity contribution in [2.24, 2.45) is 0 Å². The van der Waals surface area contributed by atoms with E-state index in [4.69, 9.17) is 13.3 Å². The first kappa shape index (κ1) is 32.2. The number of likely N-dealkylation sites (N-methyl/N-ethyl adjacent to an activating group) is 1. The lowest BCUT2D eigenvalue weighted by Gasteiger charge is -2.43. The van der Waals surface area contributed by atoms with E-state index in [1.54, 1.807) is 0 Å². The molecule has 5 nitrogen and oxygen atoms in total. The van der Waals surface area contributed by atoms with E-state index in [0.29, 0.717) is 0 Å². The Hall–Kier alpha value is 0.0169. The minimum absolute atomic E-state index is 0.792. The molecule has 3 aliphatic rings. The molecule has 3 fully saturated rings. The number of rotatable bonds is 21. The second kappa shape index (κ2) is 18.3. The highest BCUT2D eigenvalue weighted by atomic mass is 28.4. The van der Waals surface area contributed by atoms with Crippen LogP contribution < -0.4 is 0 Å². The average Bonchev–Trinajstić information content (AvgIpc) is 2.81. The van der Waals surface area contributed by atoms with E-state index < -0.39 is 8.80 Å². The maximum absolute atomic E-state index is 6.29. The molecular weight excluding hydrogens is 464 g/mol. The quantitative estimate of drug-likeness (QED) is 0.0897. The van der Waals surface area contributed by atoms with Crippen molar-refractivity contribution < 1.29 is 22.2 Å². The normalized spacial score (nSPS) is 25.0. The van der Waals surface area contributed by atoms with Crippen LogP contribution >= 0.6 is 0 Å². The van der Waals surface area contributed by atoms with Crippen molar-refractivity contribution in [2.45, 2.75) is 122 Å². The zero-order valence-electron chi connectivity index (χ0n) is 25.0. The SMILES string of the molecule is CCCCCCCCCCCCCCCCCC[N+](C)(C)CCC[Si]12OCC[N+](C)(CCO1)CCO2. The topological polar surface area (TPSA) is 27.7 Å². The molecule has 3 aliphatic heterocycles. The molecule has 0 unspecified atom stereocenters. The van der Waals surface area contributed by atoms with Crippen LogP contribution in [0.25, 0.3) is 0 Å². The Morgan fingerprint density at radius 1 is 0.556 bits per heavy atom. The van der Waals surface area contributed by atoms with Crippen LogP contribution in [0.5, 0.6) is 0 Å². The number of nitrogens with zero attached hydrogens (tertiary/aromatic N) is 2. The van der Waals surface area contributed by atoms with Gasteiger partial charge in [0.1, 0.15) is 19.6 Å². The largest absolute Gasteiger partial charge is 0.501 e. The van der Waals surface area contributed by atoms with Gasteiger partial charge in [-0.3, -0.25) is 0 Å². The number of hydrogen-bond acceptors (Lipinski definition) is 3. The lowest BCUT2D eigenvalue weighted by atomic mass is 10.0. The number of unbranched alkanes of at least 4 members (excludes halogenated alkanes) is 15. The van der Waals surface area contributed by atoms with Crippen LogP contribution in [0.15, 0.2) is 0 Å². The maximum Gasteiger partial charge on any atom is 0.501 e. The fourth-order valence-electron chi connectivity index (χ4n) is 5.86. The van der Waals surface area contributed by atoms with Crippen molar-refractivity contribution in [1.82, 2.24) is 0 Å². The Morgan fingerprint density at radius 3 is 1.33 bits per heavy atom. The molecule has 0 N–H and O–H groups in total. The Labute approximate surface area is 226 Å². The molecule has 2 bridgehead atoms. The van der Waals surface area contributed by atoms with Crippen molar-refractivity contribution >= 4 is 8.80 Å². The molecule has 0 spiro atoms. The fraction of sp³-hybridized carbons (Fsp3) is 1.00. The molecule has 0 radical (unpaired) electrons. The molecule has 3 saturated heterocycles. The van der Waals surface area contributed by atoms with Crippen LogP contribution in [0.3, 0.4) is 0 Å². The zero-order chi connectivity index (χ0) is 26.0. The molecule has 0 saturated carbocycles. The van der Waals surface area contributed by atoms with Gasteiger partial charge in [-0.25, -0.2) is 0 Å². The summed E-state index contributed by atoms with van der Waals surface area (Å²) in [7, 11) is 4.63. The van der Waals surface area contributed by atoms with Crippen molar-refractivity contribution in [3.8, 4) is 0 Å². The van der Waals surface area contributed by atoms with Crippen molar-refractivity contribution in [1.29, 1.82) is 0 Å². The van der Waals surface area contributed by atoms with Crippen LogP contribution in [0.2, 0.25) is 6.04 Å². The molecular formula is C30H64N2O3Si+2. The number of hydrogen-bond donors (Lipinski definition) is 0. The first-order valence-corrected chi connectivity index (χ1v) is 17.9. The van der Waals surface area contributed by atoms with Gasteiger partial charge in [0, 0.05) is 12.5 Å². The first-order chi connectivity index (χ1) is 17.4. The van der Waals surface area contributed by atoms with Gasteiger partial charge in [-0.05, 0) is 12.8 Å². The highest BCUT2D eigenvalue weighted by Crippen LogP contribution is 2.25. The second-order valence-corrected chi connectivity index (χ2v) is 15.5. The van der Waals surface area contributed by atoms with Gasteiger partial charge < -0.3 is 22.2 Å². The molecule has 0 aliphatic carbocycles. The van der Waals surface area contributed by atoms with Gasteiger partial charge in [0.15, 0.2) is 0 Å². The lowest BCUT2D eigenvalue weighted by molar-refractivity contribution is -0.912. The molecule has 0 amide bonds. The van der Waals surface area contributed by atoms with Crippen LogP contribution in [-0.2, 0) is 13.3 Å². The molecule has 0 atom stereocenters. The van der Waals surface area contributed by atoms with Crippen LogP contribution in [-0.4, -0.2) is 91.5 Å². The van der Waals surface area contributed by atoms with Crippen LogP contribution in [0, 0.1) is 0 Å². The average molecular weight is 529 g/mol. The van der Waals surface area contributed by atoms with Crippen molar-refractivity contribution in [3.63, 3.8) is 0 Å². The third-order valence-corrected chi connectivity index (χ3v) is 11.6. The van der Waals surface area contributed by atoms with E-state index in [9.17, 15) is 0 Å².